The lowest BCUT2D eigenvalue weighted by Gasteiger charge is -2.05. The lowest BCUT2D eigenvalue weighted by Crippen LogP contribution is -2.23. The van der Waals surface area contributed by atoms with E-state index in [1.54, 1.807) is 24.8 Å². The normalized spacial score (nSPS) is 13.7. The van der Waals surface area contributed by atoms with Gasteiger partial charge in [-0.3, -0.25) is 9.98 Å². The van der Waals surface area contributed by atoms with Crippen molar-refractivity contribution >= 4 is 35.3 Å². The lowest BCUT2D eigenvalue weighted by atomic mass is 10.2. The molecule has 6 heteroatoms. The van der Waals surface area contributed by atoms with Crippen LogP contribution in [0.5, 0.6) is 5.75 Å². The molecule has 2 heterocycles. The van der Waals surface area contributed by atoms with Crippen molar-refractivity contribution in [1.29, 1.82) is 0 Å². The number of ether oxygens (including phenoxy) is 1. The van der Waals surface area contributed by atoms with Gasteiger partial charge in [-0.2, -0.15) is 0 Å². The summed E-state index contributed by atoms with van der Waals surface area (Å²) < 4.78 is 5.74. The van der Waals surface area contributed by atoms with Crippen LogP contribution in [-0.4, -0.2) is 29.0 Å². The molecule has 0 N–H and O–H groups in total. The number of fused-ring (bicyclic) bond motifs is 2. The maximum Gasteiger partial charge on any atom is 0.163 e. The van der Waals surface area contributed by atoms with Crippen LogP contribution in [0.25, 0.3) is 17.1 Å². The van der Waals surface area contributed by atoms with Gasteiger partial charge in [0.1, 0.15) is 18.7 Å². The third kappa shape index (κ3) is 3.54. The van der Waals surface area contributed by atoms with Crippen LogP contribution in [0.1, 0.15) is 0 Å². The smallest absolute Gasteiger partial charge is 0.163 e. The molecular weight excluding hydrogens is 326 g/mol. The van der Waals surface area contributed by atoms with Gasteiger partial charge in [-0.1, -0.05) is 18.2 Å². The van der Waals surface area contributed by atoms with E-state index in [9.17, 15) is 0 Å². The molecule has 6 nitrogen and oxygen atoms in total. The Morgan fingerprint density at radius 3 is 2.85 bits per heavy atom. The van der Waals surface area contributed by atoms with Crippen molar-refractivity contribution < 1.29 is 4.74 Å². The average Bonchev–Trinajstić information content (AvgIpc) is 2.67. The molecule has 0 fully saturated rings. The summed E-state index contributed by atoms with van der Waals surface area (Å²) in [5.74, 6) is 1.32. The zero-order chi connectivity index (χ0) is 17.6. The fourth-order valence-electron chi connectivity index (χ4n) is 2.51. The van der Waals surface area contributed by atoms with Crippen LogP contribution in [0.4, 0.5) is 5.82 Å². The Bertz CT molecular complexity index is 1150. The Hall–Kier alpha value is -3.67. The molecule has 0 spiro atoms. The van der Waals surface area contributed by atoms with Crippen LogP contribution in [0.15, 0.2) is 76.0 Å². The first kappa shape index (κ1) is 15.8. The molecule has 26 heavy (non-hydrogen) atoms. The zero-order valence-corrected chi connectivity index (χ0v) is 13.9. The van der Waals surface area contributed by atoms with Gasteiger partial charge in [-0.05, 0) is 30.3 Å². The number of aromatic nitrogens is 2. The van der Waals surface area contributed by atoms with E-state index in [1.165, 1.54) is 6.33 Å². The second-order valence-electron chi connectivity index (χ2n) is 5.47. The van der Waals surface area contributed by atoms with Crippen LogP contribution in [0, 0.1) is 0 Å². The SMILES string of the molecule is C1=CN=CC=NC=c2ccccc2=Nc2ncnc3ccc(cc23)OC1. The maximum absolute atomic E-state index is 5.74. The molecule has 0 unspecified atom stereocenters. The summed E-state index contributed by atoms with van der Waals surface area (Å²) in [4.78, 5) is 21.8. The van der Waals surface area contributed by atoms with Crippen LogP contribution in [0.3, 0.4) is 0 Å². The first-order chi connectivity index (χ1) is 12.9. The van der Waals surface area contributed by atoms with Crippen molar-refractivity contribution in [3.63, 3.8) is 0 Å². The second kappa shape index (κ2) is 7.48. The molecule has 1 aromatic heterocycles. The molecule has 0 saturated heterocycles. The Morgan fingerprint density at radius 1 is 0.923 bits per heavy atom. The third-order valence-electron chi connectivity index (χ3n) is 3.74. The van der Waals surface area contributed by atoms with Gasteiger partial charge in [0.05, 0.1) is 10.9 Å². The van der Waals surface area contributed by atoms with Gasteiger partial charge in [0.25, 0.3) is 0 Å². The Balaban J connectivity index is 1.97. The number of nitrogens with zero attached hydrogens (tertiary/aromatic N) is 5. The predicted molar refractivity (Wildman–Crippen MR) is 103 cm³/mol. The lowest BCUT2D eigenvalue weighted by molar-refractivity contribution is 0.363. The third-order valence-corrected chi connectivity index (χ3v) is 3.74. The minimum absolute atomic E-state index is 0.412. The Morgan fingerprint density at radius 2 is 1.85 bits per heavy atom. The van der Waals surface area contributed by atoms with Crippen molar-refractivity contribution in [3.8, 4) is 5.75 Å². The van der Waals surface area contributed by atoms with Gasteiger partial charge in [0.2, 0.25) is 0 Å². The highest BCUT2D eigenvalue weighted by molar-refractivity contribution is 6.16. The van der Waals surface area contributed by atoms with E-state index >= 15 is 0 Å². The van der Waals surface area contributed by atoms with Crippen LogP contribution in [0.2, 0.25) is 0 Å². The largest absolute Gasteiger partial charge is 0.489 e. The van der Waals surface area contributed by atoms with E-state index in [1.807, 2.05) is 48.5 Å². The summed E-state index contributed by atoms with van der Waals surface area (Å²) in [7, 11) is 0. The second-order valence-corrected chi connectivity index (χ2v) is 5.47. The van der Waals surface area contributed by atoms with Gasteiger partial charge in [0.15, 0.2) is 5.82 Å². The van der Waals surface area contributed by atoms with Crippen LogP contribution >= 0.6 is 0 Å². The highest BCUT2D eigenvalue weighted by Gasteiger charge is 2.04. The molecular formula is C20H15N5O. The summed E-state index contributed by atoms with van der Waals surface area (Å²) in [6.07, 6.45) is 10.0. The summed E-state index contributed by atoms with van der Waals surface area (Å²) in [6, 6.07) is 13.4. The average molecular weight is 341 g/mol. The quantitative estimate of drug-likeness (QED) is 0.630. The van der Waals surface area contributed by atoms with Crippen molar-refractivity contribution in [2.45, 2.75) is 0 Å². The van der Waals surface area contributed by atoms with E-state index < -0.39 is 0 Å². The highest BCUT2D eigenvalue weighted by atomic mass is 16.5. The minimum Gasteiger partial charge on any atom is -0.489 e. The molecule has 0 amide bonds. The molecule has 2 bridgehead atoms. The molecule has 3 aromatic rings. The fraction of sp³-hybridized carbons (Fsp3) is 0.0500. The van der Waals surface area contributed by atoms with E-state index in [-0.39, 0.29) is 0 Å². The Kier molecular flexibility index (Phi) is 4.56. The van der Waals surface area contributed by atoms with Crippen LogP contribution < -0.4 is 15.3 Å². The summed E-state index contributed by atoms with van der Waals surface area (Å²) in [5, 5.41) is 2.50. The van der Waals surface area contributed by atoms with Crippen molar-refractivity contribution in [1.82, 2.24) is 9.97 Å². The van der Waals surface area contributed by atoms with E-state index in [4.69, 9.17) is 9.73 Å². The van der Waals surface area contributed by atoms with Gasteiger partial charge in [-0.15, -0.1) is 0 Å². The molecule has 126 valence electrons. The summed E-state index contributed by atoms with van der Waals surface area (Å²) >= 11 is 0. The van der Waals surface area contributed by atoms with E-state index in [2.05, 4.69) is 20.0 Å². The van der Waals surface area contributed by atoms with Crippen LogP contribution in [-0.2, 0) is 0 Å². The minimum atomic E-state index is 0.412. The van der Waals surface area contributed by atoms with Gasteiger partial charge >= 0.3 is 0 Å². The number of para-hydroxylation sites is 1. The first-order valence-corrected chi connectivity index (χ1v) is 8.12. The molecule has 1 aliphatic rings. The number of hydrogen-bond donors (Lipinski definition) is 0. The van der Waals surface area contributed by atoms with Gasteiger partial charge in [-0.25, -0.2) is 15.0 Å². The van der Waals surface area contributed by atoms with Gasteiger partial charge < -0.3 is 4.74 Å². The molecule has 2 aromatic carbocycles. The van der Waals surface area contributed by atoms with Gasteiger partial charge in [0, 0.05) is 35.4 Å². The summed E-state index contributed by atoms with van der Waals surface area (Å²) in [5.41, 5.74) is 0.812. The van der Waals surface area contributed by atoms with Crippen molar-refractivity contribution in [2.75, 3.05) is 6.61 Å². The predicted octanol–water partition coefficient (Wildman–Crippen LogP) is 2.37. The topological polar surface area (TPSA) is 72.1 Å². The number of benzene rings is 2. The molecule has 0 radical (unpaired) electrons. The monoisotopic (exact) mass is 341 g/mol. The fourth-order valence-corrected chi connectivity index (χ4v) is 2.51. The first-order valence-electron chi connectivity index (χ1n) is 8.12. The van der Waals surface area contributed by atoms with E-state index in [0.29, 0.717) is 12.4 Å². The zero-order valence-electron chi connectivity index (χ0n) is 13.9. The maximum atomic E-state index is 5.74. The highest BCUT2D eigenvalue weighted by Crippen LogP contribution is 2.25. The molecule has 0 saturated carbocycles. The standard InChI is InChI=1S/C20H15N5O/c1-2-5-18-15(4-1)13-22-10-9-21-8-3-11-26-16-6-7-19-17(12-16)20(25-18)24-14-23-19/h1-10,12-14H,11H2. The Labute approximate surface area is 149 Å². The van der Waals surface area contributed by atoms with Crippen molar-refractivity contribution in [2.24, 2.45) is 15.0 Å². The molecule has 0 atom stereocenters. The molecule has 0 aliphatic carbocycles. The molecule has 4 rings (SSSR count). The van der Waals surface area contributed by atoms with E-state index in [0.717, 1.165) is 27.2 Å². The molecule has 1 aliphatic heterocycles. The summed E-state index contributed by atoms with van der Waals surface area (Å²) in [6.45, 7) is 0.412. The van der Waals surface area contributed by atoms with Crippen molar-refractivity contribution in [3.05, 3.63) is 71.6 Å². The number of hydrogen-bond acceptors (Lipinski definition) is 6. The number of rotatable bonds is 0. The number of aliphatic imine (C=N–C) groups is 2.